The first kappa shape index (κ1) is 19.9. The third-order valence-corrected chi connectivity index (χ3v) is 6.47. The van der Waals surface area contributed by atoms with Crippen LogP contribution in [0, 0.1) is 5.82 Å². The Morgan fingerprint density at radius 1 is 1.13 bits per heavy atom. The van der Waals surface area contributed by atoms with Crippen LogP contribution in [0.25, 0.3) is 0 Å². The molecule has 1 saturated heterocycles. The smallest absolute Gasteiger partial charge is 0.184 e. The topological polar surface area (TPSA) is 65.4 Å². The molecule has 0 bridgehead atoms. The van der Waals surface area contributed by atoms with Crippen molar-refractivity contribution in [2.75, 3.05) is 44.3 Å². The Hall–Kier alpha value is -2.06. The van der Waals surface area contributed by atoms with Crippen molar-refractivity contribution in [2.24, 2.45) is 0 Å². The Balaban J connectivity index is 1.30. The molecular formula is C22H24ClFN2O4. The van der Waals surface area contributed by atoms with Crippen LogP contribution in [-0.2, 0) is 6.42 Å². The van der Waals surface area contributed by atoms with E-state index in [4.69, 9.17) is 21.1 Å². The fraction of sp³-hybridized carbons (Fsp3) is 0.455. The van der Waals surface area contributed by atoms with E-state index in [0.717, 1.165) is 43.0 Å². The number of halogens is 2. The van der Waals surface area contributed by atoms with E-state index in [-0.39, 0.29) is 18.5 Å². The molecule has 8 heteroatoms. The Bertz CT molecular complexity index is 951. The van der Waals surface area contributed by atoms with E-state index in [2.05, 4.69) is 9.80 Å². The molecule has 0 saturated carbocycles. The van der Waals surface area contributed by atoms with Gasteiger partial charge in [0.1, 0.15) is 12.4 Å². The summed E-state index contributed by atoms with van der Waals surface area (Å²) < 4.78 is 25.3. The predicted molar refractivity (Wildman–Crippen MR) is 111 cm³/mol. The molecule has 6 nitrogen and oxygen atoms in total. The first-order chi connectivity index (χ1) is 14.5. The first-order valence-electron chi connectivity index (χ1n) is 10.2. The molecule has 1 unspecified atom stereocenters. The second kappa shape index (κ2) is 7.89. The normalized spacial score (nSPS) is 26.0. The van der Waals surface area contributed by atoms with Gasteiger partial charge in [0.05, 0.1) is 18.4 Å². The van der Waals surface area contributed by atoms with Gasteiger partial charge in [0.25, 0.3) is 0 Å². The predicted octanol–water partition coefficient (Wildman–Crippen LogP) is 2.39. The zero-order chi connectivity index (χ0) is 20.8. The minimum absolute atomic E-state index is 0.0397. The van der Waals surface area contributed by atoms with E-state index < -0.39 is 12.2 Å². The van der Waals surface area contributed by atoms with Crippen LogP contribution < -0.4 is 14.4 Å². The number of hydrogen-bond donors (Lipinski definition) is 2. The average Bonchev–Trinajstić information content (AvgIpc) is 3.08. The van der Waals surface area contributed by atoms with Gasteiger partial charge in [0.15, 0.2) is 17.6 Å². The minimum atomic E-state index is -0.599. The fourth-order valence-corrected chi connectivity index (χ4v) is 4.91. The molecule has 5 rings (SSSR count). The highest BCUT2D eigenvalue weighted by Gasteiger charge is 2.37. The van der Waals surface area contributed by atoms with Crippen LogP contribution >= 0.6 is 11.6 Å². The largest absolute Gasteiger partial charge is 0.484 e. The molecule has 0 radical (unpaired) electrons. The lowest BCUT2D eigenvalue weighted by Crippen LogP contribution is -2.51. The maximum absolute atomic E-state index is 13.6. The van der Waals surface area contributed by atoms with E-state index >= 15 is 0 Å². The second-order valence-electron chi connectivity index (χ2n) is 8.07. The van der Waals surface area contributed by atoms with E-state index in [1.807, 2.05) is 6.07 Å². The van der Waals surface area contributed by atoms with Crippen LogP contribution in [0.4, 0.5) is 10.1 Å². The summed E-state index contributed by atoms with van der Waals surface area (Å²) in [5.74, 6) is 0.943. The number of anilines is 1. The van der Waals surface area contributed by atoms with Gasteiger partial charge in [0.2, 0.25) is 0 Å². The van der Waals surface area contributed by atoms with E-state index in [1.165, 1.54) is 12.1 Å². The molecular weight excluding hydrogens is 411 g/mol. The van der Waals surface area contributed by atoms with Crippen molar-refractivity contribution in [3.8, 4) is 11.5 Å². The van der Waals surface area contributed by atoms with Crippen molar-refractivity contribution >= 4 is 17.3 Å². The van der Waals surface area contributed by atoms with Crippen molar-refractivity contribution in [2.45, 2.75) is 24.7 Å². The highest BCUT2D eigenvalue weighted by Crippen LogP contribution is 2.44. The van der Waals surface area contributed by atoms with Gasteiger partial charge in [-0.05, 0) is 35.7 Å². The molecule has 0 aromatic heterocycles. The molecule has 2 N–H and O–H groups in total. The van der Waals surface area contributed by atoms with Gasteiger partial charge in [-0.15, -0.1) is 0 Å². The van der Waals surface area contributed by atoms with Crippen LogP contribution in [0.2, 0.25) is 5.02 Å². The number of ether oxygens (including phenoxy) is 2. The highest BCUT2D eigenvalue weighted by atomic mass is 35.5. The summed E-state index contributed by atoms with van der Waals surface area (Å²) in [6.45, 7) is 3.19. The zero-order valence-corrected chi connectivity index (χ0v) is 17.2. The van der Waals surface area contributed by atoms with Crippen molar-refractivity contribution in [3.63, 3.8) is 0 Å². The quantitative estimate of drug-likeness (QED) is 0.773. The van der Waals surface area contributed by atoms with E-state index in [0.29, 0.717) is 29.5 Å². The summed E-state index contributed by atoms with van der Waals surface area (Å²) in [7, 11) is 0. The van der Waals surface area contributed by atoms with Crippen molar-refractivity contribution in [1.82, 2.24) is 4.90 Å². The van der Waals surface area contributed by atoms with E-state index in [9.17, 15) is 14.6 Å². The van der Waals surface area contributed by atoms with Gasteiger partial charge < -0.3 is 24.6 Å². The number of aliphatic hydroxyl groups is 2. The molecule has 2 aliphatic heterocycles. The Morgan fingerprint density at radius 3 is 2.70 bits per heavy atom. The number of aliphatic hydroxyl groups excluding tert-OH is 2. The molecule has 1 fully saturated rings. The number of nitrogens with zero attached hydrogens (tertiary/aromatic N) is 2. The van der Waals surface area contributed by atoms with Crippen LogP contribution in [0.3, 0.4) is 0 Å². The molecule has 2 aromatic rings. The summed E-state index contributed by atoms with van der Waals surface area (Å²) in [5.41, 5.74) is 2.60. The van der Waals surface area contributed by atoms with Gasteiger partial charge in [-0.2, -0.15) is 0 Å². The lowest BCUT2D eigenvalue weighted by Gasteiger charge is -2.41. The van der Waals surface area contributed by atoms with Crippen LogP contribution in [0.5, 0.6) is 11.5 Å². The molecule has 3 atom stereocenters. The first-order valence-corrected chi connectivity index (χ1v) is 10.6. The fourth-order valence-electron chi connectivity index (χ4n) is 4.71. The highest BCUT2D eigenvalue weighted by molar-refractivity contribution is 6.31. The number of fused-ring (bicyclic) bond motifs is 2. The van der Waals surface area contributed by atoms with Gasteiger partial charge in [-0.25, -0.2) is 4.39 Å². The lowest BCUT2D eigenvalue weighted by atomic mass is 10.1. The van der Waals surface area contributed by atoms with Gasteiger partial charge in [-0.3, -0.25) is 4.90 Å². The van der Waals surface area contributed by atoms with Crippen molar-refractivity contribution in [1.29, 1.82) is 0 Å². The Morgan fingerprint density at radius 2 is 1.93 bits per heavy atom. The standard InChI is InChI=1S/C22H24ClFN2O4/c23-14-9-19(22-20(10-14)30-16(11-27)12-29-22)26-5-3-25(4-6-26)18-8-13-7-15(24)1-2-17(13)21(18)28/h1-2,7,9-10,16,18,21,27-28H,3-6,8,11-12H2/t16?,18-,21-/m0/s1. The molecule has 160 valence electrons. The van der Waals surface area contributed by atoms with E-state index in [1.54, 1.807) is 12.1 Å². The maximum Gasteiger partial charge on any atom is 0.184 e. The number of benzene rings is 2. The summed E-state index contributed by atoms with van der Waals surface area (Å²) >= 11 is 6.31. The minimum Gasteiger partial charge on any atom is -0.484 e. The maximum atomic E-state index is 13.6. The zero-order valence-electron chi connectivity index (χ0n) is 16.4. The summed E-state index contributed by atoms with van der Waals surface area (Å²) in [6, 6.07) is 8.19. The monoisotopic (exact) mass is 434 g/mol. The summed E-state index contributed by atoms with van der Waals surface area (Å²) in [4.78, 5) is 4.48. The molecule has 1 aliphatic carbocycles. The number of rotatable bonds is 3. The Labute approximate surface area is 179 Å². The SMILES string of the molecule is OCC1COc2c(cc(Cl)cc2N2CCN([C@H]3Cc4cc(F)ccc4[C@@H]3O)CC2)O1. The summed E-state index contributed by atoms with van der Waals surface area (Å²) in [5, 5.41) is 20.7. The van der Waals surface area contributed by atoms with Crippen LogP contribution in [-0.4, -0.2) is 66.7 Å². The number of piperazine rings is 1. The molecule has 0 amide bonds. The van der Waals surface area contributed by atoms with Gasteiger partial charge >= 0.3 is 0 Å². The third kappa shape index (κ3) is 3.50. The molecule has 30 heavy (non-hydrogen) atoms. The van der Waals surface area contributed by atoms with Crippen LogP contribution in [0.15, 0.2) is 30.3 Å². The number of hydrogen-bond acceptors (Lipinski definition) is 6. The third-order valence-electron chi connectivity index (χ3n) is 6.25. The Kier molecular flexibility index (Phi) is 5.23. The molecule has 3 aliphatic rings. The summed E-state index contributed by atoms with van der Waals surface area (Å²) in [6.07, 6.45) is -0.338. The van der Waals surface area contributed by atoms with Crippen molar-refractivity contribution in [3.05, 3.63) is 52.3 Å². The van der Waals surface area contributed by atoms with Gasteiger partial charge in [-0.1, -0.05) is 17.7 Å². The van der Waals surface area contributed by atoms with Gasteiger partial charge in [0, 0.05) is 43.3 Å². The molecule has 0 spiro atoms. The second-order valence-corrected chi connectivity index (χ2v) is 8.50. The lowest BCUT2D eigenvalue weighted by molar-refractivity contribution is 0.0452. The van der Waals surface area contributed by atoms with Crippen LogP contribution in [0.1, 0.15) is 17.2 Å². The average molecular weight is 435 g/mol. The van der Waals surface area contributed by atoms with Crippen molar-refractivity contribution < 1.29 is 24.1 Å². The molecule has 2 aromatic carbocycles. The molecule has 2 heterocycles.